The molecule has 0 radical (unpaired) electrons. The van der Waals surface area contributed by atoms with Crippen molar-refractivity contribution in [2.24, 2.45) is 10.9 Å². The van der Waals surface area contributed by atoms with Gasteiger partial charge in [0, 0.05) is 12.8 Å². The van der Waals surface area contributed by atoms with Crippen LogP contribution in [0.15, 0.2) is 35.3 Å². The van der Waals surface area contributed by atoms with Gasteiger partial charge in [-0.1, -0.05) is 12.1 Å². The van der Waals surface area contributed by atoms with Crippen molar-refractivity contribution in [3.05, 3.63) is 36.2 Å². The zero-order valence-electron chi connectivity index (χ0n) is 20.8. The number of dihydropyridines is 1. The van der Waals surface area contributed by atoms with E-state index in [-0.39, 0.29) is 11.8 Å². The van der Waals surface area contributed by atoms with Crippen LogP contribution in [0.25, 0.3) is 5.69 Å². The van der Waals surface area contributed by atoms with E-state index in [1.165, 1.54) is 32.8 Å². The Bertz CT molecular complexity index is 1280. The summed E-state index contributed by atoms with van der Waals surface area (Å²) in [5.74, 6) is -2.63. The highest BCUT2D eigenvalue weighted by molar-refractivity contribution is 7.93. The Labute approximate surface area is 213 Å². The van der Waals surface area contributed by atoms with E-state index in [4.69, 9.17) is 14.2 Å². The zero-order valence-corrected chi connectivity index (χ0v) is 21.6. The molecule has 4 rings (SSSR count). The average molecular weight is 542 g/mol. The quantitative estimate of drug-likeness (QED) is 0.495. The molecule has 1 fully saturated rings. The molecular weight excluding hydrogens is 512 g/mol. The summed E-state index contributed by atoms with van der Waals surface area (Å²) in [6, 6.07) is 4.44. The maximum Gasteiger partial charge on any atom is 0.248 e. The second-order valence-electron chi connectivity index (χ2n) is 8.92. The third-order valence-electron chi connectivity index (χ3n) is 6.53. The number of methoxy groups -OCH3 is 3. The molecule has 1 aliphatic carbocycles. The van der Waals surface area contributed by atoms with Crippen LogP contribution in [0.5, 0.6) is 11.5 Å². The van der Waals surface area contributed by atoms with Crippen LogP contribution in [0, 0.1) is 5.92 Å². The molecule has 1 aromatic carbocycles. The topological polar surface area (TPSA) is 137 Å². The van der Waals surface area contributed by atoms with Gasteiger partial charge in [0.05, 0.1) is 27.4 Å². The van der Waals surface area contributed by atoms with Gasteiger partial charge in [-0.2, -0.15) is 0 Å². The van der Waals surface area contributed by atoms with E-state index in [1.807, 2.05) is 6.08 Å². The predicted molar refractivity (Wildman–Crippen MR) is 131 cm³/mol. The smallest absolute Gasteiger partial charge is 0.248 e. The Balaban J connectivity index is 1.77. The third-order valence-corrected chi connectivity index (χ3v) is 8.26. The normalized spacial score (nSPS) is 20.9. The highest BCUT2D eigenvalue weighted by Crippen LogP contribution is 2.45. The van der Waals surface area contributed by atoms with Gasteiger partial charge in [0.15, 0.2) is 5.82 Å². The monoisotopic (exact) mass is 541 g/mol. The third kappa shape index (κ3) is 5.25. The number of anilines is 1. The van der Waals surface area contributed by atoms with Gasteiger partial charge in [-0.05, 0) is 37.5 Å². The second kappa shape index (κ2) is 10.2. The van der Waals surface area contributed by atoms with Crippen molar-refractivity contribution in [2.45, 2.75) is 49.5 Å². The molecule has 2 aliphatic rings. The lowest BCUT2D eigenvalue weighted by Gasteiger charge is -2.39. The zero-order chi connectivity index (χ0) is 27.0. The Kier molecular flexibility index (Phi) is 7.42. The molecule has 1 aromatic heterocycles. The summed E-state index contributed by atoms with van der Waals surface area (Å²) in [5.41, 5.74) is 0.320. The SMILES string of the molecule is COC1=NC(c2nnc(NS(=O)(=O)[C@H](C)[C@@H](O)C3CC(F)(F)C3)n2-c2c(OC)cccc2OC)CC=C1. The largest absolute Gasteiger partial charge is 0.494 e. The van der Waals surface area contributed by atoms with Gasteiger partial charge in [-0.3, -0.25) is 9.29 Å². The number of benzene rings is 1. The number of nitrogens with zero attached hydrogens (tertiary/aromatic N) is 4. The Morgan fingerprint density at radius 1 is 1.14 bits per heavy atom. The van der Waals surface area contributed by atoms with Crippen LogP contribution >= 0.6 is 0 Å². The molecular formula is C23H29F2N5O6S. The van der Waals surface area contributed by atoms with E-state index in [9.17, 15) is 22.3 Å². The number of aliphatic imine (C=N–C) groups is 1. The molecule has 3 atom stereocenters. The number of aliphatic hydroxyl groups excluding tert-OH is 1. The number of nitrogens with one attached hydrogen (secondary N) is 1. The number of aromatic nitrogens is 3. The molecule has 0 amide bonds. The molecule has 2 aromatic rings. The Morgan fingerprint density at radius 3 is 2.35 bits per heavy atom. The van der Waals surface area contributed by atoms with Crippen molar-refractivity contribution in [2.75, 3.05) is 26.1 Å². The van der Waals surface area contributed by atoms with Crippen LogP contribution in [0.2, 0.25) is 0 Å². The van der Waals surface area contributed by atoms with Gasteiger partial charge in [0.2, 0.25) is 27.8 Å². The fourth-order valence-corrected chi connectivity index (χ4v) is 5.58. The van der Waals surface area contributed by atoms with Gasteiger partial charge in [0.1, 0.15) is 28.5 Å². The summed E-state index contributed by atoms with van der Waals surface area (Å²) in [4.78, 5) is 4.51. The maximum absolute atomic E-state index is 13.3. The first-order chi connectivity index (χ1) is 17.5. The number of hydrogen-bond donors (Lipinski definition) is 2. The fraction of sp³-hybridized carbons (Fsp3) is 0.522. The number of aliphatic hydroxyl groups is 1. The van der Waals surface area contributed by atoms with Gasteiger partial charge in [-0.15, -0.1) is 10.2 Å². The van der Waals surface area contributed by atoms with Crippen molar-refractivity contribution in [1.82, 2.24) is 14.8 Å². The molecule has 0 spiro atoms. The van der Waals surface area contributed by atoms with Crippen LogP contribution in [0.4, 0.5) is 14.7 Å². The molecule has 1 unspecified atom stereocenters. The molecule has 14 heteroatoms. The lowest BCUT2D eigenvalue weighted by molar-refractivity contribution is -0.140. The van der Waals surface area contributed by atoms with E-state index >= 15 is 0 Å². The van der Waals surface area contributed by atoms with E-state index in [2.05, 4.69) is 19.9 Å². The maximum atomic E-state index is 13.3. The van der Waals surface area contributed by atoms with E-state index in [0.717, 1.165) is 0 Å². The molecule has 37 heavy (non-hydrogen) atoms. The summed E-state index contributed by atoms with van der Waals surface area (Å²) in [6.07, 6.45) is 1.35. The molecule has 0 saturated heterocycles. The number of hydrogen-bond acceptors (Lipinski definition) is 9. The number of para-hydroxylation sites is 1. The fourth-order valence-electron chi connectivity index (χ4n) is 4.42. The number of ether oxygens (including phenoxy) is 3. The highest BCUT2D eigenvalue weighted by Gasteiger charge is 2.51. The lowest BCUT2D eigenvalue weighted by Crippen LogP contribution is -2.49. The molecule has 1 saturated carbocycles. The second-order valence-corrected chi connectivity index (χ2v) is 11.0. The molecule has 2 N–H and O–H groups in total. The first-order valence-electron chi connectivity index (χ1n) is 11.5. The molecule has 1 aliphatic heterocycles. The molecule has 11 nitrogen and oxygen atoms in total. The highest BCUT2D eigenvalue weighted by atomic mass is 32.2. The summed E-state index contributed by atoms with van der Waals surface area (Å²) < 4.78 is 73.3. The average Bonchev–Trinajstić information content (AvgIpc) is 3.27. The van der Waals surface area contributed by atoms with Crippen molar-refractivity contribution >= 4 is 21.9 Å². The van der Waals surface area contributed by atoms with Crippen LogP contribution in [0.3, 0.4) is 0 Å². The number of halogens is 2. The summed E-state index contributed by atoms with van der Waals surface area (Å²) in [6.45, 7) is 1.26. The summed E-state index contributed by atoms with van der Waals surface area (Å²) in [7, 11) is 0.0739. The minimum atomic E-state index is -4.30. The minimum Gasteiger partial charge on any atom is -0.494 e. The lowest BCUT2D eigenvalue weighted by atomic mass is 9.77. The van der Waals surface area contributed by atoms with E-state index < -0.39 is 52.1 Å². The summed E-state index contributed by atoms with van der Waals surface area (Å²) >= 11 is 0. The van der Waals surface area contributed by atoms with Crippen LogP contribution in [0.1, 0.15) is 38.1 Å². The van der Waals surface area contributed by atoms with Gasteiger partial charge in [-0.25, -0.2) is 22.2 Å². The predicted octanol–water partition coefficient (Wildman–Crippen LogP) is 2.87. The summed E-state index contributed by atoms with van der Waals surface area (Å²) in [5, 5.41) is 17.4. The number of sulfonamides is 1. The molecule has 202 valence electrons. The Morgan fingerprint density at radius 2 is 1.78 bits per heavy atom. The number of alkyl halides is 2. The van der Waals surface area contributed by atoms with Gasteiger partial charge in [0.25, 0.3) is 0 Å². The van der Waals surface area contributed by atoms with Crippen molar-refractivity contribution in [3.8, 4) is 17.2 Å². The van der Waals surface area contributed by atoms with Crippen LogP contribution in [-0.4, -0.2) is 72.8 Å². The first kappa shape index (κ1) is 26.8. The minimum absolute atomic E-state index is 0.209. The first-order valence-corrected chi connectivity index (χ1v) is 13.1. The van der Waals surface area contributed by atoms with Gasteiger partial charge < -0.3 is 19.3 Å². The van der Waals surface area contributed by atoms with E-state index in [1.54, 1.807) is 24.3 Å². The number of rotatable bonds is 9. The van der Waals surface area contributed by atoms with Crippen molar-refractivity contribution in [3.63, 3.8) is 0 Å². The van der Waals surface area contributed by atoms with E-state index in [0.29, 0.717) is 29.5 Å². The van der Waals surface area contributed by atoms with Crippen molar-refractivity contribution < 1.29 is 36.5 Å². The molecule has 0 bridgehead atoms. The van der Waals surface area contributed by atoms with Gasteiger partial charge >= 0.3 is 0 Å². The van der Waals surface area contributed by atoms with Crippen LogP contribution < -0.4 is 14.2 Å². The van der Waals surface area contributed by atoms with Crippen molar-refractivity contribution in [1.29, 1.82) is 0 Å². The Hall–Kier alpha value is -3.26. The molecule has 2 heterocycles. The standard InChI is InChI=1S/C23H29F2N5O6S/c1-13(20(31)14-11-23(24,25)12-14)37(32,33)29-22-28-27-21(15-7-5-10-18(26-15)36-4)30(22)19-16(34-2)8-6-9-17(19)35-3/h5-6,8-10,13-15,20,31H,7,11-12H2,1-4H3,(H,28,29)/t13-,15?,20-/m1/s1. The van der Waals surface area contributed by atoms with Crippen LogP contribution in [-0.2, 0) is 14.8 Å².